The summed E-state index contributed by atoms with van der Waals surface area (Å²) in [6.07, 6.45) is -0.432. The van der Waals surface area contributed by atoms with Crippen molar-refractivity contribution >= 4 is 29.8 Å². The van der Waals surface area contributed by atoms with Crippen LogP contribution in [0.15, 0.2) is 24.3 Å². The van der Waals surface area contributed by atoms with E-state index in [-0.39, 0.29) is 25.9 Å². The van der Waals surface area contributed by atoms with Crippen LogP contribution >= 0.6 is 0 Å². The first-order chi connectivity index (χ1) is 18.0. The number of rotatable bonds is 9. The first kappa shape index (κ1) is 28.7. The van der Waals surface area contributed by atoms with E-state index in [1.54, 1.807) is 24.3 Å². The summed E-state index contributed by atoms with van der Waals surface area (Å²) in [6.45, 7) is 3.13. The molecule has 4 atom stereocenters. The van der Waals surface area contributed by atoms with Crippen molar-refractivity contribution in [3.8, 4) is 5.75 Å². The molecule has 3 rings (SSSR count). The summed E-state index contributed by atoms with van der Waals surface area (Å²) in [4.78, 5) is 66.3. The molecule has 38 heavy (non-hydrogen) atoms. The van der Waals surface area contributed by atoms with Crippen LogP contribution in [0.1, 0.15) is 45.1 Å². The number of carbonyl (C=O) groups excluding carboxylic acids is 4. The van der Waals surface area contributed by atoms with Crippen LogP contribution in [0.3, 0.4) is 0 Å². The van der Waals surface area contributed by atoms with E-state index in [2.05, 4.69) is 5.32 Å². The highest BCUT2D eigenvalue weighted by Crippen LogP contribution is 2.36. The lowest BCUT2D eigenvalue weighted by molar-refractivity contribution is -0.158. The molecule has 4 unspecified atom stereocenters. The lowest BCUT2D eigenvalue weighted by Gasteiger charge is -2.40. The molecule has 2 saturated heterocycles. The molecule has 12 heteroatoms. The molecule has 208 valence electrons. The summed E-state index contributed by atoms with van der Waals surface area (Å²) in [5.41, 5.74) is -0.675. The summed E-state index contributed by atoms with van der Waals surface area (Å²) in [5.74, 6) is -1.89. The minimum Gasteiger partial charge on any atom is -0.497 e. The minimum atomic E-state index is -1.42. The van der Waals surface area contributed by atoms with Gasteiger partial charge in [0.25, 0.3) is 0 Å². The van der Waals surface area contributed by atoms with Crippen molar-refractivity contribution in [2.24, 2.45) is 0 Å². The van der Waals surface area contributed by atoms with Crippen molar-refractivity contribution in [2.75, 3.05) is 27.3 Å². The van der Waals surface area contributed by atoms with Crippen molar-refractivity contribution in [1.29, 1.82) is 0 Å². The summed E-state index contributed by atoms with van der Waals surface area (Å²) in [6, 6.07) is 4.84. The third-order valence-electron chi connectivity index (χ3n) is 7.18. The van der Waals surface area contributed by atoms with Gasteiger partial charge in [-0.25, -0.2) is 9.59 Å². The predicted octanol–water partition coefficient (Wildman–Crippen LogP) is 1.35. The van der Waals surface area contributed by atoms with Crippen molar-refractivity contribution in [3.63, 3.8) is 0 Å². The molecule has 0 aliphatic carbocycles. The fraction of sp³-hybridized carbons (Fsp3) is 0.577. The van der Waals surface area contributed by atoms with Gasteiger partial charge in [0.2, 0.25) is 11.8 Å². The Balaban J connectivity index is 2.00. The van der Waals surface area contributed by atoms with E-state index in [1.807, 2.05) is 0 Å². The fourth-order valence-electron chi connectivity index (χ4n) is 5.31. The Kier molecular flexibility index (Phi) is 9.18. The Bertz CT molecular complexity index is 1060. The molecule has 12 nitrogen and oxygen atoms in total. The van der Waals surface area contributed by atoms with Gasteiger partial charge in [-0.05, 0) is 50.3 Å². The van der Waals surface area contributed by atoms with Crippen LogP contribution in [-0.4, -0.2) is 95.8 Å². The summed E-state index contributed by atoms with van der Waals surface area (Å²) >= 11 is 0. The molecule has 0 aromatic heterocycles. The SMILES string of the molecule is COC(=O)C(NC(=O)C1(Cc2ccc(OC)cc2)CCCN1C(=O)C1CCCN1C(=O)O)C(C)OC(C)=O. The fourth-order valence-corrected chi connectivity index (χ4v) is 5.31. The first-order valence-electron chi connectivity index (χ1n) is 12.5. The van der Waals surface area contributed by atoms with E-state index in [1.165, 1.54) is 25.9 Å². The van der Waals surface area contributed by atoms with Crippen molar-refractivity contribution in [1.82, 2.24) is 15.1 Å². The van der Waals surface area contributed by atoms with Crippen LogP contribution < -0.4 is 10.1 Å². The number of benzene rings is 1. The molecule has 3 amide bonds. The van der Waals surface area contributed by atoms with E-state index in [0.717, 1.165) is 17.6 Å². The zero-order chi connectivity index (χ0) is 28.0. The van der Waals surface area contributed by atoms with Gasteiger partial charge in [0.1, 0.15) is 23.4 Å². The van der Waals surface area contributed by atoms with Gasteiger partial charge < -0.3 is 29.5 Å². The van der Waals surface area contributed by atoms with Gasteiger partial charge in [-0.15, -0.1) is 0 Å². The molecular weight excluding hydrogens is 498 g/mol. The average molecular weight is 534 g/mol. The lowest BCUT2D eigenvalue weighted by Crippen LogP contribution is -2.64. The number of likely N-dealkylation sites (tertiary alicyclic amines) is 2. The maximum atomic E-state index is 14.1. The Labute approximate surface area is 221 Å². The van der Waals surface area contributed by atoms with Crippen molar-refractivity contribution in [2.45, 2.75) is 69.7 Å². The predicted molar refractivity (Wildman–Crippen MR) is 133 cm³/mol. The van der Waals surface area contributed by atoms with Crippen LogP contribution in [-0.2, 0) is 35.1 Å². The quantitative estimate of drug-likeness (QED) is 0.448. The van der Waals surface area contributed by atoms with E-state index >= 15 is 0 Å². The minimum absolute atomic E-state index is 0.115. The third-order valence-corrected chi connectivity index (χ3v) is 7.18. The second kappa shape index (κ2) is 12.1. The number of carboxylic acid groups (broad SMARTS) is 1. The molecule has 2 heterocycles. The van der Waals surface area contributed by atoms with Crippen LogP contribution in [0.5, 0.6) is 5.75 Å². The summed E-state index contributed by atoms with van der Waals surface area (Å²) in [5, 5.41) is 12.3. The Hall–Kier alpha value is -3.83. The second-order valence-electron chi connectivity index (χ2n) is 9.57. The molecule has 1 aromatic carbocycles. The molecule has 2 aliphatic rings. The number of ether oxygens (including phenoxy) is 3. The van der Waals surface area contributed by atoms with E-state index in [4.69, 9.17) is 14.2 Å². The Morgan fingerprint density at radius 3 is 2.37 bits per heavy atom. The van der Waals surface area contributed by atoms with E-state index in [9.17, 15) is 29.1 Å². The Morgan fingerprint density at radius 1 is 1.11 bits per heavy atom. The highest BCUT2D eigenvalue weighted by atomic mass is 16.6. The normalized spacial score (nSPS) is 22.4. The third kappa shape index (κ3) is 6.00. The molecule has 2 fully saturated rings. The number of methoxy groups -OCH3 is 2. The molecule has 1 aromatic rings. The average Bonchev–Trinajstić information content (AvgIpc) is 3.55. The van der Waals surface area contributed by atoms with Gasteiger partial charge in [0.15, 0.2) is 6.04 Å². The maximum Gasteiger partial charge on any atom is 0.407 e. The second-order valence-corrected chi connectivity index (χ2v) is 9.57. The maximum absolute atomic E-state index is 14.1. The van der Waals surface area contributed by atoms with Crippen molar-refractivity contribution < 1.29 is 43.3 Å². The molecular formula is C26H35N3O9. The van der Waals surface area contributed by atoms with Crippen LogP contribution in [0.2, 0.25) is 0 Å². The molecule has 0 radical (unpaired) electrons. The number of esters is 2. The Morgan fingerprint density at radius 2 is 1.79 bits per heavy atom. The summed E-state index contributed by atoms with van der Waals surface area (Å²) in [7, 11) is 2.69. The number of nitrogens with zero attached hydrogens (tertiary/aromatic N) is 2. The van der Waals surface area contributed by atoms with Gasteiger partial charge in [0.05, 0.1) is 14.2 Å². The van der Waals surface area contributed by atoms with Gasteiger partial charge in [-0.1, -0.05) is 12.1 Å². The summed E-state index contributed by atoms with van der Waals surface area (Å²) < 4.78 is 15.2. The largest absolute Gasteiger partial charge is 0.497 e. The van der Waals surface area contributed by atoms with Gasteiger partial charge in [-0.3, -0.25) is 19.3 Å². The monoisotopic (exact) mass is 533 g/mol. The topological polar surface area (TPSA) is 152 Å². The number of hydrogen-bond acceptors (Lipinski definition) is 8. The number of carbonyl (C=O) groups is 5. The highest BCUT2D eigenvalue weighted by Gasteiger charge is 2.53. The van der Waals surface area contributed by atoms with Gasteiger partial charge >= 0.3 is 18.0 Å². The van der Waals surface area contributed by atoms with Crippen LogP contribution in [0, 0.1) is 0 Å². The molecule has 0 spiro atoms. The number of amides is 3. The standard InChI is InChI=1S/C26H35N3O9/c1-16(38-17(2)30)21(23(32)37-4)27-24(33)26(15-18-8-10-19(36-3)11-9-18)12-6-14-29(26)22(31)20-7-5-13-28(20)25(34)35/h8-11,16,20-21H,5-7,12-15H2,1-4H3,(H,27,33)(H,34,35). The van der Waals surface area contributed by atoms with Gasteiger partial charge in [-0.2, -0.15) is 0 Å². The highest BCUT2D eigenvalue weighted by molar-refractivity contribution is 5.97. The molecule has 0 bridgehead atoms. The van der Waals surface area contributed by atoms with Gasteiger partial charge in [0, 0.05) is 26.4 Å². The molecule has 0 saturated carbocycles. The number of hydrogen-bond donors (Lipinski definition) is 2. The lowest BCUT2D eigenvalue weighted by atomic mass is 9.86. The van der Waals surface area contributed by atoms with Crippen LogP contribution in [0.25, 0.3) is 0 Å². The number of nitrogens with one attached hydrogen (secondary N) is 1. The zero-order valence-electron chi connectivity index (χ0n) is 22.1. The molecule has 2 aliphatic heterocycles. The van der Waals surface area contributed by atoms with E-state index in [0.29, 0.717) is 25.0 Å². The first-order valence-corrected chi connectivity index (χ1v) is 12.5. The molecule has 2 N–H and O–H groups in total. The zero-order valence-corrected chi connectivity index (χ0v) is 22.1. The van der Waals surface area contributed by atoms with E-state index < -0.39 is 53.6 Å². The smallest absolute Gasteiger partial charge is 0.407 e. The van der Waals surface area contributed by atoms with Crippen molar-refractivity contribution in [3.05, 3.63) is 29.8 Å². The van der Waals surface area contributed by atoms with Crippen LogP contribution in [0.4, 0.5) is 4.79 Å².